The highest BCUT2D eigenvalue weighted by molar-refractivity contribution is 4.62. The Hall–Kier alpha value is -0.0800. The summed E-state index contributed by atoms with van der Waals surface area (Å²) < 4.78 is 0. The van der Waals surface area contributed by atoms with Gasteiger partial charge in [-0.25, -0.2) is 4.89 Å². The molecule has 0 aliphatic rings. The van der Waals surface area contributed by atoms with Crippen LogP contribution in [0.1, 0.15) is 275 Å². The molecular weight excluding hydrogens is 597 g/mol. The standard InChI is InChI=1S/C27H56.C16H34.C4H10O2/c1-7-17-25(5)21-16-23-27(9-3)22-14-12-10-11-13-18-26(6)20-15-19-24(4)8-2;1-3-5-7-9-11-13-15-16-14-12-10-8-6-4-2;1-4(2,3)6-5/h24-27H,7-23H2,1-6H3;3-16H2,1-2H3;5H,1-3H3. The molecule has 2 heteroatoms. The van der Waals surface area contributed by atoms with Crippen LogP contribution in [-0.4, -0.2) is 10.9 Å². The van der Waals surface area contributed by atoms with Crippen LogP contribution < -0.4 is 0 Å². The van der Waals surface area contributed by atoms with Crippen LogP contribution in [0.2, 0.25) is 0 Å². The van der Waals surface area contributed by atoms with E-state index in [2.05, 4.69) is 60.3 Å². The summed E-state index contributed by atoms with van der Waals surface area (Å²) in [6.45, 7) is 24.3. The predicted molar refractivity (Wildman–Crippen MR) is 226 cm³/mol. The van der Waals surface area contributed by atoms with E-state index in [4.69, 9.17) is 5.26 Å². The fourth-order valence-corrected chi connectivity index (χ4v) is 6.83. The van der Waals surface area contributed by atoms with E-state index in [9.17, 15) is 0 Å². The van der Waals surface area contributed by atoms with E-state index in [1.54, 1.807) is 20.8 Å². The number of unbranched alkanes of at least 4 members (excludes halogenated alkanes) is 17. The third-order valence-electron chi connectivity index (χ3n) is 10.8. The lowest BCUT2D eigenvalue weighted by molar-refractivity contribution is -0.306. The molecule has 300 valence electrons. The quantitative estimate of drug-likeness (QED) is 0.0420. The van der Waals surface area contributed by atoms with Crippen LogP contribution in [0, 0.1) is 23.7 Å². The summed E-state index contributed by atoms with van der Waals surface area (Å²) >= 11 is 0. The van der Waals surface area contributed by atoms with Gasteiger partial charge in [0.25, 0.3) is 0 Å². The van der Waals surface area contributed by atoms with Gasteiger partial charge in [-0.3, -0.25) is 5.26 Å². The second-order valence-corrected chi connectivity index (χ2v) is 17.4. The van der Waals surface area contributed by atoms with Crippen LogP contribution in [0.15, 0.2) is 0 Å². The van der Waals surface area contributed by atoms with Gasteiger partial charge in [0, 0.05) is 0 Å². The SMILES string of the molecule is CC(C)(C)OO.CCCC(C)CCCC(CC)CCCCCCCC(C)CCCC(C)CC.CCCCCCCCCCCCCCCC. The first-order chi connectivity index (χ1) is 23.5. The van der Waals surface area contributed by atoms with E-state index in [-0.39, 0.29) is 0 Å². The molecule has 0 aromatic carbocycles. The topological polar surface area (TPSA) is 29.5 Å². The average molecular weight is 697 g/mol. The van der Waals surface area contributed by atoms with Crippen LogP contribution in [-0.2, 0) is 4.89 Å². The molecule has 0 rings (SSSR count). The smallest absolute Gasteiger partial charge is 0.0949 e. The molecule has 0 saturated carbocycles. The van der Waals surface area contributed by atoms with Crippen LogP contribution in [0.3, 0.4) is 0 Å². The van der Waals surface area contributed by atoms with E-state index < -0.39 is 5.60 Å². The molecular formula is C47H100O2. The summed E-state index contributed by atoms with van der Waals surface area (Å²) in [6, 6.07) is 0. The van der Waals surface area contributed by atoms with Gasteiger partial charge in [0.15, 0.2) is 0 Å². The predicted octanol–water partition coefficient (Wildman–Crippen LogP) is 18.0. The van der Waals surface area contributed by atoms with Crippen LogP contribution in [0.5, 0.6) is 0 Å². The Morgan fingerprint density at radius 3 is 1.04 bits per heavy atom. The van der Waals surface area contributed by atoms with Crippen molar-refractivity contribution >= 4 is 0 Å². The molecule has 0 heterocycles. The van der Waals surface area contributed by atoms with Gasteiger partial charge in [0.05, 0.1) is 5.60 Å². The minimum absolute atomic E-state index is 0.403. The lowest BCUT2D eigenvalue weighted by atomic mass is 9.90. The highest BCUT2D eigenvalue weighted by Crippen LogP contribution is 2.24. The van der Waals surface area contributed by atoms with E-state index in [0.717, 1.165) is 23.7 Å². The molecule has 0 saturated heterocycles. The van der Waals surface area contributed by atoms with Gasteiger partial charge in [-0.1, -0.05) is 254 Å². The molecule has 0 fully saturated rings. The van der Waals surface area contributed by atoms with Crippen molar-refractivity contribution in [1.82, 2.24) is 0 Å². The molecule has 0 aliphatic heterocycles. The third-order valence-corrected chi connectivity index (χ3v) is 10.8. The van der Waals surface area contributed by atoms with Gasteiger partial charge in [0.2, 0.25) is 0 Å². The number of rotatable bonds is 33. The molecule has 0 spiro atoms. The average Bonchev–Trinajstić information content (AvgIpc) is 3.07. The molecule has 0 aromatic heterocycles. The molecule has 0 aliphatic carbocycles. The molecule has 4 atom stereocenters. The minimum Gasteiger partial charge on any atom is -0.251 e. The first-order valence-electron chi connectivity index (χ1n) is 22.8. The number of hydrogen-bond donors (Lipinski definition) is 1. The van der Waals surface area contributed by atoms with Crippen LogP contribution >= 0.6 is 0 Å². The van der Waals surface area contributed by atoms with Gasteiger partial charge in [-0.05, 0) is 44.4 Å². The zero-order valence-electron chi connectivity index (χ0n) is 36.6. The molecule has 1 N–H and O–H groups in total. The summed E-state index contributed by atoms with van der Waals surface area (Å²) in [4.78, 5) is 3.94. The normalized spacial score (nSPS) is 14.0. The zero-order chi connectivity index (χ0) is 37.4. The van der Waals surface area contributed by atoms with Crippen LogP contribution in [0.25, 0.3) is 0 Å². The Morgan fingerprint density at radius 1 is 0.367 bits per heavy atom. The van der Waals surface area contributed by atoms with E-state index in [0.29, 0.717) is 0 Å². The van der Waals surface area contributed by atoms with Gasteiger partial charge in [-0.2, -0.15) is 0 Å². The Bertz CT molecular complexity index is 553. The third kappa shape index (κ3) is 50.1. The first-order valence-corrected chi connectivity index (χ1v) is 22.8. The highest BCUT2D eigenvalue weighted by Gasteiger charge is 2.09. The summed E-state index contributed by atoms with van der Waals surface area (Å²) in [7, 11) is 0. The minimum atomic E-state index is -0.403. The van der Waals surface area contributed by atoms with E-state index >= 15 is 0 Å². The Labute approximate surface area is 313 Å². The van der Waals surface area contributed by atoms with Crippen molar-refractivity contribution in [3.8, 4) is 0 Å². The fraction of sp³-hybridized carbons (Fsp3) is 1.00. The summed E-state index contributed by atoms with van der Waals surface area (Å²) in [5.41, 5.74) is -0.403. The Kier molecular flexibility index (Phi) is 46.0. The second-order valence-electron chi connectivity index (χ2n) is 17.4. The maximum Gasteiger partial charge on any atom is 0.0949 e. The second kappa shape index (κ2) is 42.3. The monoisotopic (exact) mass is 697 g/mol. The molecule has 0 amide bonds. The molecule has 0 aromatic rings. The van der Waals surface area contributed by atoms with Gasteiger partial charge in [0.1, 0.15) is 0 Å². The van der Waals surface area contributed by atoms with Crippen molar-refractivity contribution in [2.75, 3.05) is 0 Å². The fourth-order valence-electron chi connectivity index (χ4n) is 6.83. The lowest BCUT2D eigenvalue weighted by Crippen LogP contribution is -2.15. The van der Waals surface area contributed by atoms with Crippen molar-refractivity contribution in [3.63, 3.8) is 0 Å². The van der Waals surface area contributed by atoms with Crippen molar-refractivity contribution < 1.29 is 10.1 Å². The van der Waals surface area contributed by atoms with Crippen molar-refractivity contribution in [1.29, 1.82) is 0 Å². The van der Waals surface area contributed by atoms with Gasteiger partial charge in [-0.15, -0.1) is 0 Å². The maximum absolute atomic E-state index is 7.90. The largest absolute Gasteiger partial charge is 0.251 e. The summed E-state index contributed by atoms with van der Waals surface area (Å²) in [6.07, 6.45) is 45.0. The summed E-state index contributed by atoms with van der Waals surface area (Å²) in [5.74, 6) is 3.84. The van der Waals surface area contributed by atoms with Gasteiger partial charge >= 0.3 is 0 Å². The van der Waals surface area contributed by atoms with Crippen molar-refractivity contribution in [2.45, 2.75) is 281 Å². The highest BCUT2D eigenvalue weighted by atomic mass is 17.1. The van der Waals surface area contributed by atoms with Gasteiger partial charge < -0.3 is 0 Å². The molecule has 2 nitrogen and oxygen atoms in total. The van der Waals surface area contributed by atoms with E-state index in [1.807, 2.05) is 0 Å². The van der Waals surface area contributed by atoms with Crippen LogP contribution in [0.4, 0.5) is 0 Å². The molecule has 0 radical (unpaired) electrons. The van der Waals surface area contributed by atoms with Crippen molar-refractivity contribution in [3.05, 3.63) is 0 Å². The first kappa shape index (κ1) is 53.3. The molecule has 49 heavy (non-hydrogen) atoms. The molecule has 0 bridgehead atoms. The number of hydrogen-bond acceptors (Lipinski definition) is 2. The Balaban J connectivity index is -0.000000806. The zero-order valence-corrected chi connectivity index (χ0v) is 36.6. The van der Waals surface area contributed by atoms with E-state index in [1.165, 1.54) is 199 Å². The van der Waals surface area contributed by atoms with Crippen molar-refractivity contribution in [2.24, 2.45) is 23.7 Å². The maximum atomic E-state index is 7.90. The lowest BCUT2D eigenvalue weighted by Gasteiger charge is -2.16. The molecule has 4 unspecified atom stereocenters. The Morgan fingerprint density at radius 2 is 0.673 bits per heavy atom. The summed E-state index contributed by atoms with van der Waals surface area (Å²) in [5, 5.41) is 7.90.